The molecule has 1 N–H and O–H groups in total. The number of anilines is 1. The molecule has 2 aromatic rings. The van der Waals surface area contributed by atoms with Crippen LogP contribution in [0.5, 0.6) is 0 Å². The zero-order valence-corrected chi connectivity index (χ0v) is 13.0. The van der Waals surface area contributed by atoms with Crippen LogP contribution in [-0.4, -0.2) is 18.0 Å². The molecule has 108 valence electrons. The van der Waals surface area contributed by atoms with Crippen molar-refractivity contribution in [2.24, 2.45) is 7.05 Å². The third-order valence-electron chi connectivity index (χ3n) is 2.34. The largest absolute Gasteiger partial charge is 0.324 e. The van der Waals surface area contributed by atoms with E-state index in [0.29, 0.717) is 6.07 Å². The monoisotopic (exact) mass is 385 g/mol. The molecule has 0 spiro atoms. The van der Waals surface area contributed by atoms with Crippen molar-refractivity contribution in [2.75, 3.05) is 4.72 Å². The maximum absolute atomic E-state index is 13.6. The normalized spacial score (nSPS) is 11.7. The lowest BCUT2D eigenvalue weighted by Crippen LogP contribution is -2.15. The third kappa shape index (κ3) is 2.79. The van der Waals surface area contributed by atoms with E-state index in [9.17, 15) is 17.2 Å². The van der Waals surface area contributed by atoms with Gasteiger partial charge < -0.3 is 4.57 Å². The van der Waals surface area contributed by atoms with Crippen LogP contribution in [0, 0.1) is 11.6 Å². The highest BCUT2D eigenvalue weighted by atomic mass is 79.9. The van der Waals surface area contributed by atoms with Gasteiger partial charge in [0.2, 0.25) is 5.03 Å². The van der Waals surface area contributed by atoms with Crippen LogP contribution in [0.15, 0.2) is 28.0 Å². The molecule has 1 aromatic heterocycles. The lowest BCUT2D eigenvalue weighted by Gasteiger charge is -2.08. The summed E-state index contributed by atoms with van der Waals surface area (Å²) in [6, 6.07) is 1.53. The van der Waals surface area contributed by atoms with Crippen molar-refractivity contribution in [3.05, 3.63) is 39.7 Å². The summed E-state index contributed by atoms with van der Waals surface area (Å²) in [7, 11) is -2.72. The maximum Gasteiger partial charge on any atom is 0.282 e. The Morgan fingerprint density at radius 3 is 2.55 bits per heavy atom. The highest BCUT2D eigenvalue weighted by Crippen LogP contribution is 2.26. The number of aryl methyl sites for hydroxylation is 1. The number of imidazole rings is 1. The zero-order chi connectivity index (χ0) is 15.1. The number of halogens is 4. The molecule has 0 atom stereocenters. The summed E-state index contributed by atoms with van der Waals surface area (Å²) >= 11 is 8.55. The van der Waals surface area contributed by atoms with Gasteiger partial charge in [0.15, 0.2) is 0 Å². The fraction of sp³-hybridized carbons (Fsp3) is 0.100. The molecule has 20 heavy (non-hydrogen) atoms. The van der Waals surface area contributed by atoms with E-state index in [4.69, 9.17) is 11.6 Å². The summed E-state index contributed by atoms with van der Waals surface area (Å²) in [5.74, 6) is -1.75. The van der Waals surface area contributed by atoms with E-state index in [2.05, 4.69) is 20.9 Å². The molecule has 0 saturated carbocycles. The molecule has 0 bridgehead atoms. The second-order valence-electron chi connectivity index (χ2n) is 3.80. The van der Waals surface area contributed by atoms with Crippen molar-refractivity contribution in [2.45, 2.75) is 5.03 Å². The van der Waals surface area contributed by atoms with E-state index in [1.807, 2.05) is 4.72 Å². The lowest BCUT2D eigenvalue weighted by atomic mass is 10.3. The van der Waals surface area contributed by atoms with Gasteiger partial charge in [-0.1, -0.05) is 11.6 Å². The summed E-state index contributed by atoms with van der Waals surface area (Å²) in [6.07, 6.45) is 1.19. The van der Waals surface area contributed by atoms with Gasteiger partial charge in [-0.15, -0.1) is 0 Å². The third-order valence-corrected chi connectivity index (χ3v) is 4.81. The molecular formula is C10H7BrClF2N3O2S. The molecule has 0 fully saturated rings. The number of rotatable bonds is 3. The fourth-order valence-corrected chi connectivity index (χ4v) is 3.17. The average molecular weight is 387 g/mol. The molecule has 2 rings (SSSR count). The second kappa shape index (κ2) is 5.30. The van der Waals surface area contributed by atoms with Crippen LogP contribution in [0.3, 0.4) is 0 Å². The first-order chi connectivity index (χ1) is 9.22. The summed E-state index contributed by atoms with van der Waals surface area (Å²) in [5, 5.41) is -0.611. The molecular weight excluding hydrogens is 380 g/mol. The van der Waals surface area contributed by atoms with Gasteiger partial charge in [0.1, 0.15) is 16.8 Å². The van der Waals surface area contributed by atoms with Crippen molar-refractivity contribution < 1.29 is 17.2 Å². The van der Waals surface area contributed by atoms with Crippen molar-refractivity contribution in [1.82, 2.24) is 9.55 Å². The molecule has 1 aromatic carbocycles. The molecule has 0 aliphatic rings. The Kier molecular flexibility index (Phi) is 4.03. The minimum atomic E-state index is -4.21. The van der Waals surface area contributed by atoms with E-state index >= 15 is 0 Å². The molecule has 10 heteroatoms. The standard InChI is InChI=1S/C10H7BrClF2N3O2S/c1-17-4-15-10(9(17)12)20(18,19)16-8-3-6(13)5(11)2-7(8)14/h2-4,16H,1H3. The van der Waals surface area contributed by atoms with Crippen molar-refractivity contribution >= 4 is 43.2 Å². The highest BCUT2D eigenvalue weighted by Gasteiger charge is 2.24. The Morgan fingerprint density at radius 1 is 1.35 bits per heavy atom. The van der Waals surface area contributed by atoms with E-state index in [-0.39, 0.29) is 9.63 Å². The van der Waals surface area contributed by atoms with Gasteiger partial charge in [0, 0.05) is 13.1 Å². The van der Waals surface area contributed by atoms with Gasteiger partial charge in [-0.2, -0.15) is 8.42 Å². The van der Waals surface area contributed by atoms with Crippen molar-refractivity contribution in [3.63, 3.8) is 0 Å². The van der Waals surface area contributed by atoms with Crippen LogP contribution in [0.1, 0.15) is 0 Å². The van der Waals surface area contributed by atoms with Gasteiger partial charge in [-0.3, -0.25) is 4.72 Å². The molecule has 1 heterocycles. The van der Waals surface area contributed by atoms with Gasteiger partial charge in [-0.05, 0) is 22.0 Å². The summed E-state index contributed by atoms with van der Waals surface area (Å²) in [4.78, 5) is 3.61. The SMILES string of the molecule is Cn1cnc(S(=O)(=O)Nc2cc(F)c(Br)cc2F)c1Cl. The van der Waals surface area contributed by atoms with Gasteiger partial charge in [0.05, 0.1) is 16.5 Å². The molecule has 0 amide bonds. The molecule has 0 saturated heterocycles. The first-order valence-electron chi connectivity index (χ1n) is 5.06. The van der Waals surface area contributed by atoms with E-state index in [1.165, 1.54) is 17.9 Å². The predicted molar refractivity (Wildman–Crippen MR) is 73.1 cm³/mol. The topological polar surface area (TPSA) is 64.0 Å². The number of sulfonamides is 1. The van der Waals surface area contributed by atoms with Crippen LogP contribution in [0.2, 0.25) is 5.15 Å². The molecule has 0 aliphatic carbocycles. The Labute approximate surface area is 126 Å². The first-order valence-corrected chi connectivity index (χ1v) is 7.72. The number of aromatic nitrogens is 2. The maximum atomic E-state index is 13.6. The van der Waals surface area contributed by atoms with E-state index in [1.54, 1.807) is 0 Å². The quantitative estimate of drug-likeness (QED) is 0.825. The summed E-state index contributed by atoms with van der Waals surface area (Å²) < 4.78 is 54.0. The smallest absolute Gasteiger partial charge is 0.282 e. The molecule has 0 unspecified atom stereocenters. The van der Waals surface area contributed by atoms with Gasteiger partial charge in [0.25, 0.3) is 10.0 Å². The summed E-state index contributed by atoms with van der Waals surface area (Å²) in [5.41, 5.74) is -0.535. The second-order valence-corrected chi connectivity index (χ2v) is 6.61. The lowest BCUT2D eigenvalue weighted by molar-refractivity contribution is 0.590. The average Bonchev–Trinajstić information content (AvgIpc) is 2.67. The van der Waals surface area contributed by atoms with Crippen molar-refractivity contribution in [1.29, 1.82) is 0 Å². The number of benzene rings is 1. The first kappa shape index (κ1) is 15.2. The van der Waals surface area contributed by atoms with E-state index < -0.39 is 32.4 Å². The predicted octanol–water partition coefficient (Wildman–Crippen LogP) is 2.92. The molecule has 0 radical (unpaired) electrons. The Bertz CT molecular complexity index is 779. The molecule has 5 nitrogen and oxygen atoms in total. The van der Waals surface area contributed by atoms with Gasteiger partial charge >= 0.3 is 0 Å². The highest BCUT2D eigenvalue weighted by molar-refractivity contribution is 9.10. The zero-order valence-electron chi connectivity index (χ0n) is 9.86. The Morgan fingerprint density at radius 2 is 2.00 bits per heavy atom. The molecule has 0 aliphatic heterocycles. The number of hydrogen-bond acceptors (Lipinski definition) is 3. The number of hydrogen-bond donors (Lipinski definition) is 1. The van der Waals surface area contributed by atoms with Crippen molar-refractivity contribution in [3.8, 4) is 0 Å². The summed E-state index contributed by atoms with van der Waals surface area (Å²) in [6.45, 7) is 0. The van der Waals surface area contributed by atoms with Crippen LogP contribution in [0.4, 0.5) is 14.5 Å². The van der Waals surface area contributed by atoms with Crippen LogP contribution in [0.25, 0.3) is 0 Å². The van der Waals surface area contributed by atoms with Crippen LogP contribution < -0.4 is 4.72 Å². The minimum absolute atomic E-state index is 0.117. The van der Waals surface area contributed by atoms with Crippen LogP contribution >= 0.6 is 27.5 Å². The number of nitrogens with zero attached hydrogens (tertiary/aromatic N) is 2. The van der Waals surface area contributed by atoms with Crippen LogP contribution in [-0.2, 0) is 17.1 Å². The fourth-order valence-electron chi connectivity index (χ4n) is 1.37. The van der Waals surface area contributed by atoms with E-state index in [0.717, 1.165) is 6.07 Å². The Hall–Kier alpha value is -1.19. The Balaban J connectivity index is 2.44. The minimum Gasteiger partial charge on any atom is -0.324 e. The number of nitrogens with one attached hydrogen (secondary N) is 1. The van der Waals surface area contributed by atoms with Gasteiger partial charge in [-0.25, -0.2) is 13.8 Å².